The minimum atomic E-state index is -1.06. The molecular formula is C98H131Br6F5N2O21. The zero-order chi connectivity index (χ0) is 101. The highest BCUT2D eigenvalue weighted by Crippen LogP contribution is 2.33. The first-order chi connectivity index (χ1) is 61.2. The van der Waals surface area contributed by atoms with Gasteiger partial charge >= 0.3 is 41.8 Å². The van der Waals surface area contributed by atoms with Gasteiger partial charge in [-0.25, -0.2) is 22.0 Å². The minimum Gasteiger partial charge on any atom is -0.508 e. The van der Waals surface area contributed by atoms with Crippen molar-refractivity contribution < 1.29 is 123 Å². The van der Waals surface area contributed by atoms with E-state index in [9.17, 15) is 65.7 Å². The first kappa shape index (κ1) is 122. The number of carbonyl (C=O) groups excluding carboxylic acids is 5. The maximum Gasteiger partial charge on any atom is 0.320 e. The lowest BCUT2D eigenvalue weighted by Gasteiger charge is -2.22. The Bertz CT molecular complexity index is 4420. The lowest BCUT2D eigenvalue weighted by atomic mass is 10.0. The van der Waals surface area contributed by atoms with Crippen LogP contribution in [-0.4, -0.2) is 169 Å². The summed E-state index contributed by atoms with van der Waals surface area (Å²) in [4.78, 5) is 81.0. The summed E-state index contributed by atoms with van der Waals surface area (Å²) in [5, 5.41) is 36.2. The van der Waals surface area contributed by atoms with Crippen LogP contribution < -0.4 is 35.2 Å². The van der Waals surface area contributed by atoms with Crippen molar-refractivity contribution in [3.05, 3.63) is 199 Å². The van der Waals surface area contributed by atoms with Crippen LogP contribution in [0.3, 0.4) is 0 Å². The third kappa shape index (κ3) is 54.4. The van der Waals surface area contributed by atoms with Gasteiger partial charge in [-0.15, -0.1) is 0 Å². The minimum absolute atomic E-state index is 0.0218. The van der Waals surface area contributed by atoms with Crippen molar-refractivity contribution in [2.45, 2.75) is 224 Å². The van der Waals surface area contributed by atoms with E-state index in [1.807, 2.05) is 181 Å². The molecule has 0 bridgehead atoms. The average molecular weight is 2250 g/mol. The standard InChI is InChI=1S/3C16H22BrFO3.C14H19BrO3.C14H20O3.2C11H13BrFNO3/c3*1-11(15(19)21-16(2,3)4)9-12-10-13(20-8-7-18)5-6-14(12)17;1-9(13(17)18-14(2,3)4)7-10-8-11(16)5-6-12(10)15;1-10(13(16)17-14(2,3)4)8-11-6-5-7-12(15)9-11;2*12-9-2-1-8(17-4-3-13)5-7(9)6-10(14)11(15)16/h3*5-6,10-11H,7-9H2,1-4H3;5-6,8-9,16H,7H2,1-4H3;5-7,9-10,15H,8H2,1-4H3;2*1-2,5,10H,3-4,6,14H2,(H,15,16). The number of nitrogens with two attached hydrogens (primary N) is 2. The predicted molar refractivity (Wildman–Crippen MR) is 524 cm³/mol. The summed E-state index contributed by atoms with van der Waals surface area (Å²) < 4.78 is 118. The van der Waals surface area contributed by atoms with Crippen LogP contribution >= 0.6 is 95.6 Å². The summed E-state index contributed by atoms with van der Waals surface area (Å²) >= 11 is 20.4. The molecule has 7 unspecified atom stereocenters. The van der Waals surface area contributed by atoms with Crippen LogP contribution in [0.25, 0.3) is 0 Å². The Labute approximate surface area is 824 Å². The van der Waals surface area contributed by atoms with Crippen LogP contribution in [0.5, 0.6) is 40.2 Å². The van der Waals surface area contributed by atoms with E-state index < -0.39 is 85.4 Å². The maximum absolute atomic E-state index is 12.1. The third-order valence-corrected chi connectivity index (χ3v) is 21.6. The Kier molecular flexibility index (Phi) is 56.4. The van der Waals surface area contributed by atoms with Gasteiger partial charge in [0.1, 0.15) is 147 Å². The number of ether oxygens (including phenoxy) is 10. The van der Waals surface area contributed by atoms with Gasteiger partial charge in [-0.05, 0) is 309 Å². The fourth-order valence-corrected chi connectivity index (χ4v) is 13.4. The molecule has 0 aliphatic rings. The summed E-state index contributed by atoms with van der Waals surface area (Å²) in [7, 11) is 0. The summed E-state index contributed by atoms with van der Waals surface area (Å²) in [6.07, 6.45) is 3.06. The zero-order valence-electron chi connectivity index (χ0n) is 78.8. The number of rotatable bonds is 36. The first-order valence-corrected chi connectivity index (χ1v) is 47.2. The number of aromatic hydroxyl groups is 2. The Morgan fingerprint density at radius 3 is 0.697 bits per heavy atom. The second-order valence-corrected chi connectivity index (χ2v) is 40.5. The SMILES string of the molecule is CC(Cc1cc(O)ccc1Br)C(=O)OC(C)(C)C.CC(Cc1cc(OCCF)ccc1Br)C(=O)OC(C)(C)C.CC(Cc1cc(OCCF)ccc1Br)C(=O)OC(C)(C)C.CC(Cc1cc(OCCF)ccc1Br)C(=O)OC(C)(C)C.CC(Cc1cccc(O)c1)C(=O)OC(C)(C)C.NC(Cc1cc(OCCF)ccc1Br)C(=O)O.NC(Cc1cc(OCCF)ccc1Br)C(=O)O. The molecule has 8 N–H and O–H groups in total. The molecule has 7 rings (SSSR count). The van der Waals surface area contributed by atoms with Gasteiger partial charge in [0.05, 0.1) is 29.6 Å². The molecule has 0 radical (unpaired) electrons. The Balaban J connectivity index is 0.000000772. The van der Waals surface area contributed by atoms with E-state index >= 15 is 0 Å². The molecule has 736 valence electrons. The van der Waals surface area contributed by atoms with Crippen LogP contribution in [0.4, 0.5) is 22.0 Å². The number of hydrogen-bond donors (Lipinski definition) is 6. The molecule has 23 nitrogen and oxygen atoms in total. The van der Waals surface area contributed by atoms with E-state index in [1.165, 1.54) is 0 Å². The number of benzene rings is 7. The molecule has 0 aliphatic carbocycles. The monoisotopic (exact) mass is 2240 g/mol. The molecule has 7 atom stereocenters. The highest BCUT2D eigenvalue weighted by Gasteiger charge is 2.29. The average Bonchev–Trinajstić information content (AvgIpc) is 0.909. The molecule has 0 saturated heterocycles. The summed E-state index contributed by atoms with van der Waals surface area (Å²) in [6, 6.07) is 36.4. The summed E-state index contributed by atoms with van der Waals surface area (Å²) in [6.45, 7) is 34.2. The summed E-state index contributed by atoms with van der Waals surface area (Å²) in [5.41, 5.74) is 14.6. The Morgan fingerprint density at radius 1 is 0.295 bits per heavy atom. The molecule has 0 fully saturated rings. The predicted octanol–water partition coefficient (Wildman–Crippen LogP) is 23.0. The van der Waals surface area contributed by atoms with E-state index in [4.69, 9.17) is 69.0 Å². The Hall–Kier alpha value is -8.12. The number of carboxylic acid groups (broad SMARTS) is 2. The molecule has 0 amide bonds. The fourth-order valence-electron chi connectivity index (χ4n) is 10.9. The normalized spacial score (nSPS) is 12.8. The van der Waals surface area contributed by atoms with Crippen molar-refractivity contribution in [1.29, 1.82) is 0 Å². The van der Waals surface area contributed by atoms with E-state index in [0.717, 1.165) is 65.8 Å². The fraction of sp³-hybridized carbons (Fsp3) is 0.500. The first-order valence-electron chi connectivity index (χ1n) is 42.5. The number of esters is 5. The highest BCUT2D eigenvalue weighted by molar-refractivity contribution is 9.11. The number of phenols is 2. The Morgan fingerprint density at radius 2 is 0.492 bits per heavy atom. The van der Waals surface area contributed by atoms with Crippen molar-refractivity contribution in [3.8, 4) is 40.2 Å². The number of carboxylic acids is 2. The van der Waals surface area contributed by atoms with Crippen LogP contribution in [0.1, 0.15) is 177 Å². The number of carbonyl (C=O) groups is 7. The quantitative estimate of drug-likeness (QED) is 0.0121. The topological polar surface area (TPSA) is 345 Å². The molecular weight excluding hydrogens is 2120 g/mol. The molecule has 7 aromatic rings. The van der Waals surface area contributed by atoms with Crippen molar-refractivity contribution >= 4 is 137 Å². The van der Waals surface area contributed by atoms with Crippen LogP contribution in [0.15, 0.2) is 160 Å². The molecule has 0 aliphatic heterocycles. The van der Waals surface area contributed by atoms with Gasteiger partial charge in [-0.2, -0.15) is 0 Å². The highest BCUT2D eigenvalue weighted by atomic mass is 79.9. The maximum atomic E-state index is 12.1. The molecule has 0 spiro atoms. The lowest BCUT2D eigenvalue weighted by molar-refractivity contribution is -0.160. The van der Waals surface area contributed by atoms with Crippen molar-refractivity contribution in [1.82, 2.24) is 0 Å². The largest absolute Gasteiger partial charge is 0.508 e. The molecule has 0 saturated carbocycles. The molecule has 0 heterocycles. The zero-order valence-corrected chi connectivity index (χ0v) is 88.3. The summed E-state index contributed by atoms with van der Waals surface area (Å²) in [5.74, 6) is -1.30. The number of phenolic OH excluding ortho intramolecular Hbond substituents is 2. The van der Waals surface area contributed by atoms with E-state index in [-0.39, 0.29) is 117 Å². The van der Waals surface area contributed by atoms with Gasteiger partial charge in [-0.1, -0.05) is 142 Å². The van der Waals surface area contributed by atoms with Gasteiger partial charge in [0.25, 0.3) is 0 Å². The van der Waals surface area contributed by atoms with E-state index in [1.54, 1.807) is 91.0 Å². The van der Waals surface area contributed by atoms with Gasteiger partial charge in [0.15, 0.2) is 0 Å². The smallest absolute Gasteiger partial charge is 0.320 e. The van der Waals surface area contributed by atoms with Crippen LogP contribution in [0.2, 0.25) is 0 Å². The van der Waals surface area contributed by atoms with Gasteiger partial charge in [0, 0.05) is 26.8 Å². The molecule has 132 heavy (non-hydrogen) atoms. The lowest BCUT2D eigenvalue weighted by Crippen LogP contribution is -2.32. The van der Waals surface area contributed by atoms with Crippen LogP contribution in [0, 0.1) is 29.6 Å². The van der Waals surface area contributed by atoms with Crippen molar-refractivity contribution in [2.75, 3.05) is 66.4 Å². The number of halogens is 11. The number of alkyl halides is 5. The van der Waals surface area contributed by atoms with Gasteiger partial charge in [-0.3, -0.25) is 33.6 Å². The van der Waals surface area contributed by atoms with E-state index in [2.05, 4.69) is 95.6 Å². The second kappa shape index (κ2) is 61.1. The van der Waals surface area contributed by atoms with Crippen LogP contribution in [-0.2, 0) is 102 Å². The molecule has 0 aromatic heterocycles. The van der Waals surface area contributed by atoms with E-state index in [0.29, 0.717) is 60.9 Å². The third-order valence-electron chi connectivity index (χ3n) is 17.0. The van der Waals surface area contributed by atoms with Gasteiger partial charge < -0.3 is 79.3 Å². The molecule has 7 aromatic carbocycles. The van der Waals surface area contributed by atoms with Crippen molar-refractivity contribution in [2.24, 2.45) is 41.1 Å². The second-order valence-electron chi connectivity index (χ2n) is 35.4. The molecule has 34 heteroatoms. The number of hydrogen-bond acceptors (Lipinski definition) is 21. The number of aliphatic carboxylic acids is 2. The van der Waals surface area contributed by atoms with Crippen molar-refractivity contribution in [3.63, 3.8) is 0 Å². The van der Waals surface area contributed by atoms with Gasteiger partial charge in [0.2, 0.25) is 0 Å².